The highest BCUT2D eigenvalue weighted by Gasteiger charge is 2.41. The van der Waals surface area contributed by atoms with Crippen LogP contribution < -0.4 is 5.32 Å². The molecule has 5 heteroatoms. The first-order chi connectivity index (χ1) is 9.93. The predicted octanol–water partition coefficient (Wildman–Crippen LogP) is 2.17. The van der Waals surface area contributed by atoms with Gasteiger partial charge in [0.2, 0.25) is 0 Å². The lowest BCUT2D eigenvalue weighted by Gasteiger charge is -2.31. The third-order valence-corrected chi connectivity index (χ3v) is 3.66. The Morgan fingerprint density at radius 1 is 1.19 bits per heavy atom. The number of benzene rings is 1. The zero-order valence-electron chi connectivity index (χ0n) is 11.7. The molecule has 3 N–H and O–H groups in total. The molecule has 0 amide bonds. The van der Waals surface area contributed by atoms with Crippen LogP contribution in [0.15, 0.2) is 53.8 Å². The first-order valence-corrected chi connectivity index (χ1v) is 6.59. The van der Waals surface area contributed by atoms with E-state index in [0.29, 0.717) is 12.2 Å². The van der Waals surface area contributed by atoms with Gasteiger partial charge in [-0.2, -0.15) is 0 Å². The molecule has 21 heavy (non-hydrogen) atoms. The monoisotopic (exact) mass is 287 g/mol. The lowest BCUT2D eigenvalue weighted by molar-refractivity contribution is -0.146. The Hall–Kier alpha value is -2.56. The zero-order valence-corrected chi connectivity index (χ0v) is 11.7. The predicted molar refractivity (Wildman–Crippen MR) is 77.4 cm³/mol. The molecule has 1 aromatic carbocycles. The van der Waals surface area contributed by atoms with Crippen LogP contribution in [0.5, 0.6) is 0 Å². The Kier molecular flexibility index (Phi) is 4.12. The van der Waals surface area contributed by atoms with Gasteiger partial charge >= 0.3 is 11.9 Å². The topological polar surface area (TPSA) is 86.6 Å². The van der Waals surface area contributed by atoms with Gasteiger partial charge in [0, 0.05) is 24.2 Å². The second kappa shape index (κ2) is 5.83. The molecule has 0 aromatic heterocycles. The summed E-state index contributed by atoms with van der Waals surface area (Å²) >= 11 is 0. The van der Waals surface area contributed by atoms with E-state index < -0.39 is 17.4 Å². The summed E-state index contributed by atoms with van der Waals surface area (Å²) in [4.78, 5) is 22.6. The smallest absolute Gasteiger partial charge is 0.331 e. The number of aliphatic carboxylic acids is 2. The third kappa shape index (κ3) is 3.13. The summed E-state index contributed by atoms with van der Waals surface area (Å²) in [5, 5.41) is 21.6. The molecule has 0 spiro atoms. The molecule has 5 nitrogen and oxygen atoms in total. The number of nitrogens with one attached hydrogen (secondary N) is 1. The van der Waals surface area contributed by atoms with Crippen LogP contribution in [0.25, 0.3) is 0 Å². The summed E-state index contributed by atoms with van der Waals surface area (Å²) in [6.45, 7) is 2.03. The minimum absolute atomic E-state index is 0.0364. The van der Waals surface area contributed by atoms with Crippen molar-refractivity contribution in [3.8, 4) is 0 Å². The summed E-state index contributed by atoms with van der Waals surface area (Å²) in [7, 11) is 0. The van der Waals surface area contributed by atoms with Crippen molar-refractivity contribution in [1.29, 1.82) is 0 Å². The lowest BCUT2D eigenvalue weighted by atomic mass is 9.77. The lowest BCUT2D eigenvalue weighted by Crippen LogP contribution is -2.38. The van der Waals surface area contributed by atoms with Gasteiger partial charge in [0.25, 0.3) is 0 Å². The Balaban J connectivity index is 2.22. The van der Waals surface area contributed by atoms with Crippen LogP contribution in [0.2, 0.25) is 0 Å². The molecule has 1 aliphatic rings. The minimum Gasteiger partial charge on any atom is -0.481 e. The van der Waals surface area contributed by atoms with Crippen molar-refractivity contribution in [1.82, 2.24) is 5.32 Å². The average molecular weight is 287 g/mol. The Morgan fingerprint density at radius 3 is 2.43 bits per heavy atom. The van der Waals surface area contributed by atoms with Gasteiger partial charge in [-0.15, -0.1) is 0 Å². The first-order valence-electron chi connectivity index (χ1n) is 6.59. The van der Waals surface area contributed by atoms with Crippen molar-refractivity contribution in [2.75, 3.05) is 0 Å². The van der Waals surface area contributed by atoms with Crippen molar-refractivity contribution in [2.24, 2.45) is 5.41 Å². The van der Waals surface area contributed by atoms with Crippen LogP contribution in [-0.2, 0) is 16.1 Å². The summed E-state index contributed by atoms with van der Waals surface area (Å²) in [6, 6.07) is 9.60. The SMILES string of the molecule is CC1(C(=O)O)CC(C(=O)O)=CC=C1NCc1ccccc1. The van der Waals surface area contributed by atoms with Crippen LogP contribution >= 0.6 is 0 Å². The molecule has 1 aliphatic carbocycles. The normalized spacial score (nSPS) is 21.2. The van der Waals surface area contributed by atoms with Crippen molar-refractivity contribution in [3.05, 3.63) is 59.3 Å². The third-order valence-electron chi connectivity index (χ3n) is 3.66. The number of allylic oxidation sites excluding steroid dienone is 2. The van der Waals surface area contributed by atoms with Gasteiger partial charge in [0.1, 0.15) is 5.41 Å². The van der Waals surface area contributed by atoms with E-state index in [1.54, 1.807) is 6.08 Å². The van der Waals surface area contributed by atoms with E-state index in [1.165, 1.54) is 13.0 Å². The fraction of sp³-hybridized carbons (Fsp3) is 0.250. The Labute approximate surface area is 122 Å². The Bertz CT molecular complexity index is 618. The van der Waals surface area contributed by atoms with Crippen LogP contribution in [0, 0.1) is 5.41 Å². The molecule has 110 valence electrons. The van der Waals surface area contributed by atoms with Crippen molar-refractivity contribution >= 4 is 11.9 Å². The van der Waals surface area contributed by atoms with E-state index in [0.717, 1.165) is 5.56 Å². The first kappa shape index (κ1) is 14.8. The maximum atomic E-state index is 11.6. The van der Waals surface area contributed by atoms with Gasteiger partial charge in [0.15, 0.2) is 0 Å². The van der Waals surface area contributed by atoms with Crippen molar-refractivity contribution in [2.45, 2.75) is 19.9 Å². The van der Waals surface area contributed by atoms with Gasteiger partial charge in [0.05, 0.1) is 0 Å². The van der Waals surface area contributed by atoms with Gasteiger partial charge < -0.3 is 15.5 Å². The number of hydrogen-bond acceptors (Lipinski definition) is 3. The molecule has 0 saturated heterocycles. The van der Waals surface area contributed by atoms with Crippen molar-refractivity contribution in [3.63, 3.8) is 0 Å². The molecule has 0 aliphatic heterocycles. The summed E-state index contributed by atoms with van der Waals surface area (Å²) in [5.74, 6) is -2.12. The maximum absolute atomic E-state index is 11.6. The van der Waals surface area contributed by atoms with E-state index in [2.05, 4.69) is 5.32 Å². The van der Waals surface area contributed by atoms with E-state index in [4.69, 9.17) is 5.11 Å². The largest absolute Gasteiger partial charge is 0.481 e. The second-order valence-corrected chi connectivity index (χ2v) is 5.23. The quantitative estimate of drug-likeness (QED) is 0.772. The van der Waals surface area contributed by atoms with Gasteiger partial charge in [-0.3, -0.25) is 4.79 Å². The number of carboxylic acids is 2. The molecule has 0 saturated carbocycles. The highest BCUT2D eigenvalue weighted by molar-refractivity contribution is 5.90. The molecule has 0 radical (unpaired) electrons. The maximum Gasteiger partial charge on any atom is 0.331 e. The number of hydrogen-bond donors (Lipinski definition) is 3. The zero-order chi connectivity index (χ0) is 15.5. The van der Waals surface area contributed by atoms with E-state index >= 15 is 0 Å². The highest BCUT2D eigenvalue weighted by atomic mass is 16.4. The van der Waals surface area contributed by atoms with E-state index in [-0.39, 0.29) is 12.0 Å². The van der Waals surface area contributed by atoms with Crippen LogP contribution in [-0.4, -0.2) is 22.2 Å². The average Bonchev–Trinajstić information content (AvgIpc) is 2.46. The number of carboxylic acid groups (broad SMARTS) is 2. The molecule has 1 aromatic rings. The summed E-state index contributed by atoms with van der Waals surface area (Å²) < 4.78 is 0. The van der Waals surface area contributed by atoms with E-state index in [1.807, 2.05) is 30.3 Å². The number of carbonyl (C=O) groups is 2. The Morgan fingerprint density at radius 2 is 1.86 bits per heavy atom. The highest BCUT2D eigenvalue weighted by Crippen LogP contribution is 2.36. The molecule has 1 unspecified atom stereocenters. The van der Waals surface area contributed by atoms with Crippen LogP contribution in [0.3, 0.4) is 0 Å². The van der Waals surface area contributed by atoms with Crippen molar-refractivity contribution < 1.29 is 19.8 Å². The minimum atomic E-state index is -1.25. The van der Waals surface area contributed by atoms with Gasteiger partial charge in [-0.05, 0) is 18.6 Å². The fourth-order valence-electron chi connectivity index (χ4n) is 2.29. The molecule has 0 bridgehead atoms. The summed E-state index contributed by atoms with van der Waals surface area (Å²) in [5.41, 5.74) is 0.394. The van der Waals surface area contributed by atoms with Gasteiger partial charge in [-0.25, -0.2) is 4.79 Å². The molecule has 1 atom stereocenters. The fourth-order valence-corrected chi connectivity index (χ4v) is 2.29. The van der Waals surface area contributed by atoms with Crippen LogP contribution in [0.1, 0.15) is 18.9 Å². The molecule has 2 rings (SSSR count). The van der Waals surface area contributed by atoms with E-state index in [9.17, 15) is 14.7 Å². The second-order valence-electron chi connectivity index (χ2n) is 5.23. The summed E-state index contributed by atoms with van der Waals surface area (Å²) in [6.07, 6.45) is 2.97. The molecule has 0 fully saturated rings. The van der Waals surface area contributed by atoms with Gasteiger partial charge in [-0.1, -0.05) is 36.4 Å². The molecular formula is C16H17NO4. The molecule has 0 heterocycles. The number of rotatable bonds is 5. The molecular weight excluding hydrogens is 270 g/mol. The van der Waals surface area contributed by atoms with Crippen LogP contribution in [0.4, 0.5) is 0 Å². The standard InChI is InChI=1S/C16H17NO4/c1-16(15(20)21)9-12(14(18)19)7-8-13(16)17-10-11-5-3-2-4-6-11/h2-8,17H,9-10H2,1H3,(H,18,19)(H,20,21).